The van der Waals surface area contributed by atoms with E-state index in [0.29, 0.717) is 0 Å². The second-order valence-electron chi connectivity index (χ2n) is 1.75. The smallest absolute Gasteiger partial charge is 0.00516 e. The molecule has 8 heavy (non-hydrogen) atoms. The van der Waals surface area contributed by atoms with Crippen molar-refractivity contribution in [1.82, 2.24) is 11.5 Å². The van der Waals surface area contributed by atoms with Crippen molar-refractivity contribution >= 4 is 0 Å². The van der Waals surface area contributed by atoms with Crippen LogP contribution in [0, 0.1) is 0 Å². The van der Waals surface area contributed by atoms with Gasteiger partial charge in [-0.3, -0.25) is 0 Å². The fraction of sp³-hybridized carbons (Fsp3) is 1.00. The maximum atomic E-state index is 3.28. The van der Waals surface area contributed by atoms with Gasteiger partial charge in [0.15, 0.2) is 0 Å². The van der Waals surface area contributed by atoms with Crippen molar-refractivity contribution in [2.75, 3.05) is 13.1 Å². The van der Waals surface area contributed by atoms with Gasteiger partial charge in [0, 0.05) is 0 Å². The Morgan fingerprint density at radius 2 is 1.38 bits per heavy atom. The monoisotopic (exact) mass is 118 g/mol. The summed E-state index contributed by atoms with van der Waals surface area (Å²) in [7, 11) is 0. The Balaban J connectivity index is 0. The van der Waals surface area contributed by atoms with Crippen LogP contribution in [0.15, 0.2) is 0 Å². The second kappa shape index (κ2) is 10.0. The zero-order valence-corrected chi connectivity index (χ0v) is 6.04. The molecular weight excluding hydrogens is 100 g/mol. The van der Waals surface area contributed by atoms with Crippen molar-refractivity contribution in [3.05, 3.63) is 0 Å². The van der Waals surface area contributed by atoms with Crippen molar-refractivity contribution in [2.24, 2.45) is 0 Å². The average Bonchev–Trinajstić information content (AvgIpc) is 1.69. The number of nitrogens with one attached hydrogen (secondary N) is 1. The molecule has 0 aromatic heterocycles. The van der Waals surface area contributed by atoms with Gasteiger partial charge in [0.2, 0.25) is 0 Å². The molecule has 0 spiro atoms. The first kappa shape index (κ1) is 10.8. The highest BCUT2D eigenvalue weighted by Gasteiger charge is 1.76. The van der Waals surface area contributed by atoms with Crippen LogP contribution in [0.25, 0.3) is 0 Å². The van der Waals surface area contributed by atoms with Gasteiger partial charge in [0.25, 0.3) is 0 Å². The Morgan fingerprint density at radius 1 is 1.00 bits per heavy atom. The summed E-state index contributed by atoms with van der Waals surface area (Å²) in [5.41, 5.74) is 0. The molecule has 2 nitrogen and oxygen atoms in total. The minimum Gasteiger partial charge on any atom is -0.344 e. The summed E-state index contributed by atoms with van der Waals surface area (Å²) >= 11 is 0. The molecule has 0 aromatic rings. The molecule has 0 heterocycles. The van der Waals surface area contributed by atoms with Crippen LogP contribution in [0.1, 0.15) is 26.7 Å². The van der Waals surface area contributed by atoms with Crippen LogP contribution in [0.2, 0.25) is 0 Å². The van der Waals surface area contributed by atoms with Crippen molar-refractivity contribution in [2.45, 2.75) is 26.7 Å². The maximum absolute atomic E-state index is 3.28. The van der Waals surface area contributed by atoms with Crippen LogP contribution in [0.5, 0.6) is 0 Å². The molecule has 0 amide bonds. The highest BCUT2D eigenvalue weighted by atomic mass is 14.8. The largest absolute Gasteiger partial charge is 0.344 e. The predicted octanol–water partition coefficient (Wildman–Crippen LogP) is 1.56. The molecular formula is C6H18N2. The van der Waals surface area contributed by atoms with Crippen molar-refractivity contribution in [3.8, 4) is 0 Å². The summed E-state index contributed by atoms with van der Waals surface area (Å²) in [6.45, 7) is 6.72. The van der Waals surface area contributed by atoms with Crippen LogP contribution < -0.4 is 11.5 Å². The van der Waals surface area contributed by atoms with Crippen LogP contribution >= 0.6 is 0 Å². The van der Waals surface area contributed by atoms with E-state index in [1.54, 1.807) is 0 Å². The number of rotatable bonds is 4. The third-order valence-corrected chi connectivity index (χ3v) is 0.854. The van der Waals surface area contributed by atoms with Crippen molar-refractivity contribution in [1.29, 1.82) is 0 Å². The Hall–Kier alpha value is -0.0800. The summed E-state index contributed by atoms with van der Waals surface area (Å²) < 4.78 is 0. The van der Waals surface area contributed by atoms with Gasteiger partial charge in [-0.25, -0.2) is 0 Å². The fourth-order valence-electron chi connectivity index (χ4n) is 0.479. The van der Waals surface area contributed by atoms with E-state index in [-0.39, 0.29) is 6.15 Å². The van der Waals surface area contributed by atoms with Gasteiger partial charge < -0.3 is 11.5 Å². The summed E-state index contributed by atoms with van der Waals surface area (Å²) in [4.78, 5) is 0. The van der Waals surface area contributed by atoms with E-state index in [9.17, 15) is 0 Å². The zero-order chi connectivity index (χ0) is 5.54. The van der Waals surface area contributed by atoms with Crippen molar-refractivity contribution in [3.63, 3.8) is 0 Å². The molecule has 0 atom stereocenters. The second-order valence-corrected chi connectivity index (χ2v) is 1.75. The molecule has 0 fully saturated rings. The first-order valence-electron chi connectivity index (χ1n) is 3.12. The number of hydrogen-bond acceptors (Lipinski definition) is 2. The highest BCUT2D eigenvalue weighted by molar-refractivity contribution is 4.39. The molecule has 0 aromatic carbocycles. The molecule has 52 valence electrons. The zero-order valence-electron chi connectivity index (χ0n) is 6.04. The third-order valence-electron chi connectivity index (χ3n) is 0.854. The molecule has 0 aliphatic carbocycles. The molecule has 0 aliphatic rings. The molecule has 2 heteroatoms. The van der Waals surface area contributed by atoms with Gasteiger partial charge in [-0.15, -0.1) is 0 Å². The quantitative estimate of drug-likeness (QED) is 0.550. The molecule has 0 saturated carbocycles. The van der Waals surface area contributed by atoms with Gasteiger partial charge >= 0.3 is 0 Å². The molecule has 0 unspecified atom stereocenters. The van der Waals surface area contributed by atoms with Crippen LogP contribution in [0.3, 0.4) is 0 Å². The van der Waals surface area contributed by atoms with Gasteiger partial charge in [0.05, 0.1) is 0 Å². The Morgan fingerprint density at radius 3 is 1.62 bits per heavy atom. The van der Waals surface area contributed by atoms with Crippen LogP contribution in [-0.2, 0) is 0 Å². The highest BCUT2D eigenvalue weighted by Crippen LogP contribution is 1.71. The van der Waals surface area contributed by atoms with E-state index in [4.69, 9.17) is 0 Å². The lowest BCUT2D eigenvalue weighted by Gasteiger charge is -1.95. The van der Waals surface area contributed by atoms with E-state index >= 15 is 0 Å². The molecule has 0 rings (SSSR count). The first-order chi connectivity index (χ1) is 3.41. The summed E-state index contributed by atoms with van der Waals surface area (Å²) in [5, 5.41) is 3.28. The molecule has 0 bridgehead atoms. The first-order valence-corrected chi connectivity index (χ1v) is 3.12. The molecule has 0 radical (unpaired) electrons. The fourth-order valence-corrected chi connectivity index (χ4v) is 0.479. The minimum absolute atomic E-state index is 0. The molecule has 4 N–H and O–H groups in total. The van der Waals surface area contributed by atoms with Gasteiger partial charge in [-0.1, -0.05) is 13.8 Å². The summed E-state index contributed by atoms with van der Waals surface area (Å²) in [5.74, 6) is 0. The predicted molar refractivity (Wildman–Crippen MR) is 38.5 cm³/mol. The topological polar surface area (TPSA) is 47.0 Å². The van der Waals surface area contributed by atoms with Crippen LogP contribution in [0.4, 0.5) is 0 Å². The Bertz CT molecular complexity index is 25.7. The third kappa shape index (κ3) is 9.33. The lowest BCUT2D eigenvalue weighted by atomic mass is 10.4. The summed E-state index contributed by atoms with van der Waals surface area (Å²) in [6.07, 6.45) is 2.50. The average molecular weight is 118 g/mol. The summed E-state index contributed by atoms with van der Waals surface area (Å²) in [6, 6.07) is 0. The Kier molecular flexibility index (Phi) is 13.6. The van der Waals surface area contributed by atoms with E-state index in [1.165, 1.54) is 25.9 Å². The minimum atomic E-state index is 0. The normalized spacial score (nSPS) is 8.25. The van der Waals surface area contributed by atoms with E-state index in [1.807, 2.05) is 0 Å². The van der Waals surface area contributed by atoms with Gasteiger partial charge in [-0.2, -0.15) is 0 Å². The molecule has 0 saturated heterocycles. The standard InChI is InChI=1S/C6H15N.H3N/c1-3-5-7-6-4-2;/h7H,3-6H2,1-2H3;1H3. The van der Waals surface area contributed by atoms with Crippen LogP contribution in [-0.4, -0.2) is 13.1 Å². The van der Waals surface area contributed by atoms with E-state index < -0.39 is 0 Å². The SMILES string of the molecule is CCCNCCC.N. The molecule has 0 aliphatic heterocycles. The van der Waals surface area contributed by atoms with E-state index in [0.717, 1.165) is 0 Å². The lowest BCUT2D eigenvalue weighted by Crippen LogP contribution is -2.14. The van der Waals surface area contributed by atoms with Gasteiger partial charge in [0.1, 0.15) is 0 Å². The number of hydrogen-bond donors (Lipinski definition) is 2. The van der Waals surface area contributed by atoms with Crippen molar-refractivity contribution < 1.29 is 0 Å². The van der Waals surface area contributed by atoms with E-state index in [2.05, 4.69) is 19.2 Å². The lowest BCUT2D eigenvalue weighted by molar-refractivity contribution is 0.662. The van der Waals surface area contributed by atoms with Gasteiger partial charge in [-0.05, 0) is 25.9 Å². The maximum Gasteiger partial charge on any atom is -0.00516 e. The Labute approximate surface area is 52.2 Å².